The molecule has 3 N–H and O–H groups in total. The molecule has 0 bridgehead atoms. The second kappa shape index (κ2) is 7.81. The zero-order valence-corrected chi connectivity index (χ0v) is 18.5. The minimum Gasteiger partial charge on any atom is -0.364 e. The number of sulfonamides is 1. The number of hydrogen-bond donors (Lipinski definition) is 2. The van der Waals surface area contributed by atoms with Crippen LogP contribution in [0.15, 0.2) is 88.7 Å². The average molecular weight is 470 g/mol. The molecule has 4 rings (SSSR count). The first kappa shape index (κ1) is 21.6. The molecule has 4 aromatic rings. The number of primary amides is 1. The van der Waals surface area contributed by atoms with Gasteiger partial charge in [-0.3, -0.25) is 9.52 Å². The van der Waals surface area contributed by atoms with E-state index in [2.05, 4.69) is 4.72 Å². The molecular formula is C22H19N3O5S2. The van der Waals surface area contributed by atoms with Crippen LogP contribution in [0.3, 0.4) is 0 Å². The summed E-state index contributed by atoms with van der Waals surface area (Å²) in [5, 5.41) is 0.633. The predicted molar refractivity (Wildman–Crippen MR) is 122 cm³/mol. The van der Waals surface area contributed by atoms with Gasteiger partial charge in [-0.2, -0.15) is 0 Å². The smallest absolute Gasteiger partial charge is 0.265 e. The first-order chi connectivity index (χ1) is 15.1. The van der Waals surface area contributed by atoms with Gasteiger partial charge < -0.3 is 10.3 Å². The van der Waals surface area contributed by atoms with Gasteiger partial charge in [-0.05, 0) is 48.5 Å². The summed E-state index contributed by atoms with van der Waals surface area (Å²) < 4.78 is 53.3. The van der Waals surface area contributed by atoms with Gasteiger partial charge in [0.25, 0.3) is 5.91 Å². The third-order valence-electron chi connectivity index (χ3n) is 4.80. The highest BCUT2D eigenvalue weighted by molar-refractivity contribution is 7.92. The van der Waals surface area contributed by atoms with Crippen molar-refractivity contribution in [3.8, 4) is 5.69 Å². The number of aromatic nitrogens is 1. The van der Waals surface area contributed by atoms with Crippen molar-refractivity contribution in [2.75, 3.05) is 11.0 Å². The Morgan fingerprint density at radius 3 is 2.19 bits per heavy atom. The minimum absolute atomic E-state index is 0.0453. The zero-order chi connectivity index (χ0) is 23.1. The highest BCUT2D eigenvalue weighted by Gasteiger charge is 2.20. The highest BCUT2D eigenvalue weighted by atomic mass is 32.2. The first-order valence-corrected chi connectivity index (χ1v) is 12.8. The fourth-order valence-corrected chi connectivity index (χ4v) is 5.34. The molecule has 0 unspecified atom stereocenters. The molecule has 1 aromatic heterocycles. The fraction of sp³-hybridized carbons (Fsp3) is 0.0455. The highest BCUT2D eigenvalue weighted by Crippen LogP contribution is 2.29. The van der Waals surface area contributed by atoms with Crippen molar-refractivity contribution in [2.24, 2.45) is 5.73 Å². The van der Waals surface area contributed by atoms with E-state index in [1.54, 1.807) is 54.6 Å². The zero-order valence-electron chi connectivity index (χ0n) is 16.9. The van der Waals surface area contributed by atoms with E-state index in [1.807, 2.05) is 0 Å². The van der Waals surface area contributed by atoms with E-state index in [9.17, 15) is 21.6 Å². The van der Waals surface area contributed by atoms with Gasteiger partial charge in [0.15, 0.2) is 0 Å². The quantitative estimate of drug-likeness (QED) is 0.449. The molecule has 0 fully saturated rings. The Hall–Kier alpha value is -3.63. The third-order valence-corrected chi connectivity index (χ3v) is 7.17. The van der Waals surface area contributed by atoms with Gasteiger partial charge in [0.05, 0.1) is 27.3 Å². The summed E-state index contributed by atoms with van der Waals surface area (Å²) in [6, 6.07) is 20.5. The number of hydrogen-bond acceptors (Lipinski definition) is 5. The van der Waals surface area contributed by atoms with Crippen LogP contribution in [0, 0.1) is 0 Å². The normalized spacial score (nSPS) is 12.0. The number of nitrogens with zero attached hydrogens (tertiary/aromatic N) is 1. The van der Waals surface area contributed by atoms with Crippen molar-refractivity contribution >= 4 is 42.4 Å². The van der Waals surface area contributed by atoms with Gasteiger partial charge in [0.2, 0.25) is 19.9 Å². The van der Waals surface area contributed by atoms with Crippen molar-refractivity contribution < 1.29 is 21.6 Å². The van der Waals surface area contributed by atoms with Crippen LogP contribution in [0.5, 0.6) is 0 Å². The minimum atomic E-state index is -3.79. The Bertz CT molecular complexity index is 1560. The fourth-order valence-electron chi connectivity index (χ4n) is 3.46. The molecule has 1 amide bonds. The lowest BCUT2D eigenvalue weighted by molar-refractivity contribution is 0.0994. The van der Waals surface area contributed by atoms with E-state index in [-0.39, 0.29) is 15.5 Å². The van der Waals surface area contributed by atoms with Gasteiger partial charge in [0, 0.05) is 11.1 Å². The lowest BCUT2D eigenvalue weighted by Gasteiger charge is -2.12. The summed E-state index contributed by atoms with van der Waals surface area (Å²) >= 11 is 0. The van der Waals surface area contributed by atoms with Crippen molar-refractivity contribution in [1.82, 2.24) is 4.57 Å². The van der Waals surface area contributed by atoms with E-state index in [0.717, 1.165) is 6.26 Å². The molecule has 0 saturated heterocycles. The number of nitrogens with two attached hydrogens (primary N) is 1. The second-order valence-electron chi connectivity index (χ2n) is 7.19. The Balaban J connectivity index is 1.93. The van der Waals surface area contributed by atoms with Gasteiger partial charge >= 0.3 is 0 Å². The topological polar surface area (TPSA) is 128 Å². The van der Waals surface area contributed by atoms with Gasteiger partial charge in [-0.25, -0.2) is 16.8 Å². The summed E-state index contributed by atoms with van der Waals surface area (Å²) in [5.74, 6) is -0.713. The van der Waals surface area contributed by atoms with Crippen LogP contribution in [-0.4, -0.2) is 33.6 Å². The Kier molecular flexibility index (Phi) is 5.27. The van der Waals surface area contributed by atoms with Crippen molar-refractivity contribution in [1.29, 1.82) is 0 Å². The Morgan fingerprint density at radius 2 is 1.53 bits per heavy atom. The summed E-state index contributed by atoms with van der Waals surface area (Å²) in [6.07, 6.45) is 1.03. The van der Waals surface area contributed by atoms with Crippen LogP contribution in [0.1, 0.15) is 10.5 Å². The monoisotopic (exact) mass is 469 g/mol. The van der Waals surface area contributed by atoms with Crippen LogP contribution >= 0.6 is 0 Å². The average Bonchev–Trinajstić information content (AvgIpc) is 3.12. The first-order valence-electron chi connectivity index (χ1n) is 9.40. The molecular weight excluding hydrogens is 450 g/mol. The molecule has 1 heterocycles. The van der Waals surface area contributed by atoms with E-state index < -0.39 is 25.8 Å². The summed E-state index contributed by atoms with van der Waals surface area (Å²) in [7, 11) is -7.31. The number of carbonyl (C=O) groups excluding carboxylic acids is 1. The van der Waals surface area contributed by atoms with E-state index in [1.165, 1.54) is 28.8 Å². The Labute approximate surface area is 185 Å². The van der Waals surface area contributed by atoms with E-state index in [0.29, 0.717) is 22.3 Å². The molecule has 8 nitrogen and oxygen atoms in total. The standard InChI is InChI=1S/C22H19N3O5S2/c1-31(27,28)24-16-11-10-15-12-21(22(23)26)25(20(15)13-16)17-6-5-9-19(14-17)32(29,30)18-7-3-2-4-8-18/h2-14,24H,1H3,(H2,23,26). The van der Waals surface area contributed by atoms with Crippen molar-refractivity contribution in [2.45, 2.75) is 9.79 Å². The number of fused-ring (bicyclic) bond motifs is 1. The van der Waals surface area contributed by atoms with Crippen LogP contribution in [-0.2, 0) is 19.9 Å². The molecule has 0 aliphatic heterocycles. The number of anilines is 1. The SMILES string of the molecule is CS(=O)(=O)Nc1ccc2cc(C(N)=O)n(-c3cccc(S(=O)(=O)c4ccccc4)c3)c2c1. The number of rotatable bonds is 6. The van der Waals surface area contributed by atoms with Crippen molar-refractivity contribution in [3.63, 3.8) is 0 Å². The van der Waals surface area contributed by atoms with Crippen LogP contribution in [0.4, 0.5) is 5.69 Å². The van der Waals surface area contributed by atoms with Crippen LogP contribution in [0.2, 0.25) is 0 Å². The molecule has 164 valence electrons. The second-order valence-corrected chi connectivity index (χ2v) is 10.9. The molecule has 3 aromatic carbocycles. The molecule has 0 radical (unpaired) electrons. The third kappa shape index (κ3) is 4.10. The molecule has 0 aliphatic rings. The lowest BCUT2D eigenvalue weighted by atomic mass is 10.2. The van der Waals surface area contributed by atoms with Crippen LogP contribution < -0.4 is 10.5 Å². The number of carbonyl (C=O) groups is 1. The number of sulfone groups is 1. The van der Waals surface area contributed by atoms with E-state index >= 15 is 0 Å². The summed E-state index contributed by atoms with van der Waals surface area (Å²) in [4.78, 5) is 12.3. The van der Waals surface area contributed by atoms with Gasteiger partial charge in [0.1, 0.15) is 5.69 Å². The van der Waals surface area contributed by atoms with Crippen LogP contribution in [0.25, 0.3) is 16.6 Å². The molecule has 10 heteroatoms. The lowest BCUT2D eigenvalue weighted by Crippen LogP contribution is -2.16. The Morgan fingerprint density at radius 1 is 0.844 bits per heavy atom. The van der Waals surface area contributed by atoms with E-state index in [4.69, 9.17) is 5.73 Å². The largest absolute Gasteiger partial charge is 0.364 e. The molecule has 0 aliphatic carbocycles. The molecule has 0 atom stereocenters. The molecule has 0 saturated carbocycles. The maximum absolute atomic E-state index is 13.1. The number of benzene rings is 3. The maximum atomic E-state index is 13.1. The summed E-state index contributed by atoms with van der Waals surface area (Å²) in [6.45, 7) is 0. The summed E-state index contributed by atoms with van der Waals surface area (Å²) in [5.41, 5.74) is 6.88. The number of amides is 1. The predicted octanol–water partition coefficient (Wildman–Crippen LogP) is 2.93. The number of nitrogens with one attached hydrogen (secondary N) is 1. The van der Waals surface area contributed by atoms with Gasteiger partial charge in [-0.15, -0.1) is 0 Å². The maximum Gasteiger partial charge on any atom is 0.265 e. The molecule has 32 heavy (non-hydrogen) atoms. The molecule has 0 spiro atoms. The van der Waals surface area contributed by atoms with Crippen molar-refractivity contribution in [3.05, 3.63) is 84.6 Å². The van der Waals surface area contributed by atoms with Gasteiger partial charge in [-0.1, -0.05) is 30.3 Å².